The second-order valence-electron chi connectivity index (χ2n) is 9.03. The van der Waals surface area contributed by atoms with Gasteiger partial charge in [-0.15, -0.1) is 5.10 Å². The zero-order valence-electron chi connectivity index (χ0n) is 19.6. The number of nitrogens with zero attached hydrogens (tertiary/aromatic N) is 6. The molecule has 170 valence electrons. The standard InChI is InChI=1S/C32H12N6/c1-35-25(15-33)27-23-13-19-9-5-6-10-20(19)14-24(23)31-30(27)29-22-12-18-8-4-3-7-17(18)11-21(22)28(26(16-34)36-2)32(29)38-37-31/h3-14H/b27-25-,28-26+. The van der Waals surface area contributed by atoms with Gasteiger partial charge in [-0.1, -0.05) is 48.5 Å². The van der Waals surface area contributed by atoms with Crippen molar-refractivity contribution in [3.63, 3.8) is 0 Å². The van der Waals surface area contributed by atoms with E-state index in [0.717, 1.165) is 43.8 Å². The summed E-state index contributed by atoms with van der Waals surface area (Å²) in [4.78, 5) is 7.10. The van der Waals surface area contributed by atoms with Gasteiger partial charge in [0.15, 0.2) is 0 Å². The van der Waals surface area contributed by atoms with Gasteiger partial charge in [-0.3, -0.25) is 0 Å². The van der Waals surface area contributed by atoms with E-state index in [1.165, 1.54) is 0 Å². The molecule has 0 saturated carbocycles. The molecule has 2 aliphatic rings. The van der Waals surface area contributed by atoms with E-state index >= 15 is 0 Å². The first-order valence-corrected chi connectivity index (χ1v) is 11.7. The highest BCUT2D eigenvalue weighted by Gasteiger charge is 2.38. The maximum absolute atomic E-state index is 10.0. The van der Waals surface area contributed by atoms with Crippen LogP contribution in [-0.4, -0.2) is 10.2 Å². The molecule has 0 unspecified atom stereocenters. The number of fused-ring (bicyclic) bond motifs is 9. The molecule has 0 saturated heterocycles. The van der Waals surface area contributed by atoms with Gasteiger partial charge in [-0.2, -0.15) is 5.10 Å². The lowest BCUT2D eigenvalue weighted by molar-refractivity contribution is 1.02. The Morgan fingerprint density at radius 2 is 1.03 bits per heavy atom. The lowest BCUT2D eigenvalue weighted by Gasteiger charge is -2.10. The fraction of sp³-hybridized carbons (Fsp3) is 0. The van der Waals surface area contributed by atoms with Crippen molar-refractivity contribution in [2.45, 2.75) is 0 Å². The maximum atomic E-state index is 10.0. The van der Waals surface area contributed by atoms with Gasteiger partial charge < -0.3 is 0 Å². The maximum Gasteiger partial charge on any atom is 0.271 e. The summed E-state index contributed by atoms with van der Waals surface area (Å²) in [6.07, 6.45) is 0. The minimum atomic E-state index is -0.0769. The van der Waals surface area contributed by atoms with E-state index in [4.69, 9.17) is 13.1 Å². The summed E-state index contributed by atoms with van der Waals surface area (Å²) >= 11 is 0. The Morgan fingerprint density at radius 1 is 0.579 bits per heavy atom. The zero-order chi connectivity index (χ0) is 26.0. The number of aromatic nitrogens is 2. The molecule has 0 bridgehead atoms. The molecule has 38 heavy (non-hydrogen) atoms. The Kier molecular flexibility index (Phi) is 4.31. The van der Waals surface area contributed by atoms with Crippen LogP contribution in [0.5, 0.6) is 0 Å². The second kappa shape index (κ2) is 7.71. The summed E-state index contributed by atoms with van der Waals surface area (Å²) in [5.74, 6) is 0. The monoisotopic (exact) mass is 480 g/mol. The molecule has 1 heterocycles. The average molecular weight is 480 g/mol. The minimum Gasteiger partial charge on any atom is -0.226 e. The SMILES string of the molecule is [C-]#[N+]/C(C#N)=C1/c2cc3ccccc3cc2-c2nnc3c(c21)-c1cc2ccccc2cc1/C3=C(/C#N)[N+]#[C-]. The van der Waals surface area contributed by atoms with Gasteiger partial charge in [0.1, 0.15) is 5.69 Å². The molecule has 0 aliphatic heterocycles. The van der Waals surface area contributed by atoms with Crippen molar-refractivity contribution in [3.8, 4) is 34.5 Å². The molecular weight excluding hydrogens is 468 g/mol. The van der Waals surface area contributed by atoms with E-state index in [0.29, 0.717) is 33.7 Å². The van der Waals surface area contributed by atoms with Gasteiger partial charge >= 0.3 is 0 Å². The van der Waals surface area contributed by atoms with Crippen LogP contribution in [0, 0.1) is 35.8 Å². The number of benzene rings is 4. The largest absolute Gasteiger partial charge is 0.271 e. The molecule has 0 atom stereocenters. The third-order valence-corrected chi connectivity index (χ3v) is 7.20. The molecule has 0 fully saturated rings. The summed E-state index contributed by atoms with van der Waals surface area (Å²) in [5, 5.41) is 33.0. The first kappa shape index (κ1) is 21.2. The van der Waals surface area contributed by atoms with Crippen LogP contribution in [0.3, 0.4) is 0 Å². The van der Waals surface area contributed by atoms with Gasteiger partial charge in [0.2, 0.25) is 0 Å². The Hall–Kier alpha value is -6.08. The highest BCUT2D eigenvalue weighted by molar-refractivity contribution is 6.15. The van der Waals surface area contributed by atoms with E-state index in [9.17, 15) is 10.5 Å². The van der Waals surface area contributed by atoms with Crippen molar-refractivity contribution in [1.82, 2.24) is 10.2 Å². The summed E-state index contributed by atoms with van der Waals surface area (Å²) < 4.78 is 0. The molecule has 0 amide bonds. The Labute approximate surface area is 217 Å². The van der Waals surface area contributed by atoms with E-state index < -0.39 is 0 Å². The first-order chi connectivity index (χ1) is 18.7. The fourth-order valence-corrected chi connectivity index (χ4v) is 5.62. The van der Waals surface area contributed by atoms with Crippen molar-refractivity contribution in [1.29, 1.82) is 10.5 Å². The van der Waals surface area contributed by atoms with Crippen molar-refractivity contribution in [2.75, 3.05) is 0 Å². The van der Waals surface area contributed by atoms with Gasteiger partial charge in [-0.25, -0.2) is 20.2 Å². The predicted octanol–water partition coefficient (Wildman–Crippen LogP) is 7.15. The normalized spacial score (nSPS) is 14.8. The van der Waals surface area contributed by atoms with E-state index in [1.54, 1.807) is 0 Å². The van der Waals surface area contributed by atoms with Crippen LogP contribution in [0.25, 0.3) is 64.8 Å². The molecule has 0 N–H and O–H groups in total. The third kappa shape index (κ3) is 2.66. The Bertz CT molecular complexity index is 2140. The number of nitriles is 2. The lowest BCUT2D eigenvalue weighted by atomic mass is 9.93. The van der Waals surface area contributed by atoms with Crippen LogP contribution in [0.4, 0.5) is 0 Å². The minimum absolute atomic E-state index is 0.0408. The predicted molar refractivity (Wildman–Crippen MR) is 144 cm³/mol. The fourth-order valence-electron chi connectivity index (χ4n) is 5.62. The smallest absolute Gasteiger partial charge is 0.226 e. The molecule has 2 aliphatic carbocycles. The number of allylic oxidation sites excluding steroid dienone is 2. The van der Waals surface area contributed by atoms with Gasteiger partial charge in [0, 0.05) is 27.8 Å². The van der Waals surface area contributed by atoms with Crippen molar-refractivity contribution in [2.24, 2.45) is 0 Å². The summed E-state index contributed by atoms with van der Waals surface area (Å²) in [6, 6.07) is 27.9. The number of hydrogen-bond donors (Lipinski definition) is 0. The van der Waals surface area contributed by atoms with E-state index in [1.807, 2.05) is 78.9 Å². The highest BCUT2D eigenvalue weighted by Crippen LogP contribution is 2.55. The molecule has 7 rings (SSSR count). The van der Waals surface area contributed by atoms with E-state index in [2.05, 4.69) is 26.0 Å². The van der Waals surface area contributed by atoms with Crippen molar-refractivity contribution < 1.29 is 0 Å². The highest BCUT2D eigenvalue weighted by atomic mass is 15.1. The molecule has 0 spiro atoms. The lowest BCUT2D eigenvalue weighted by Crippen LogP contribution is -1.98. The van der Waals surface area contributed by atoms with Crippen molar-refractivity contribution >= 4 is 32.7 Å². The van der Waals surface area contributed by atoms with Crippen molar-refractivity contribution in [3.05, 3.63) is 129 Å². The van der Waals surface area contributed by atoms with Crippen LogP contribution < -0.4 is 0 Å². The molecule has 6 nitrogen and oxygen atoms in total. The molecule has 5 aromatic rings. The van der Waals surface area contributed by atoms with Crippen LogP contribution >= 0.6 is 0 Å². The Balaban J connectivity index is 1.69. The van der Waals surface area contributed by atoms with Crippen LogP contribution in [0.1, 0.15) is 22.4 Å². The van der Waals surface area contributed by atoms with E-state index in [-0.39, 0.29) is 11.4 Å². The summed E-state index contributed by atoms with van der Waals surface area (Å²) in [6.45, 7) is 15.5. The van der Waals surface area contributed by atoms with Crippen LogP contribution in [-0.2, 0) is 0 Å². The summed E-state index contributed by atoms with van der Waals surface area (Å²) in [7, 11) is 0. The molecular formula is C32H12N6. The van der Waals surface area contributed by atoms with Crippen LogP contribution in [0.2, 0.25) is 0 Å². The first-order valence-electron chi connectivity index (χ1n) is 11.7. The van der Waals surface area contributed by atoms with Crippen LogP contribution in [0.15, 0.2) is 84.2 Å². The van der Waals surface area contributed by atoms with Gasteiger partial charge in [0.05, 0.1) is 31.0 Å². The zero-order valence-corrected chi connectivity index (χ0v) is 19.6. The second-order valence-corrected chi connectivity index (χ2v) is 9.03. The quantitative estimate of drug-likeness (QED) is 0.170. The molecule has 0 radical (unpaired) electrons. The number of rotatable bonds is 0. The average Bonchev–Trinajstić information content (AvgIpc) is 3.44. The molecule has 6 heteroatoms. The Morgan fingerprint density at radius 3 is 1.55 bits per heavy atom. The third-order valence-electron chi connectivity index (χ3n) is 7.20. The summed E-state index contributed by atoms with van der Waals surface area (Å²) in [5.41, 5.74) is 6.20. The molecule has 1 aromatic heterocycles. The van der Waals surface area contributed by atoms with Gasteiger partial charge in [0.25, 0.3) is 11.4 Å². The molecule has 4 aromatic carbocycles. The van der Waals surface area contributed by atoms with Gasteiger partial charge in [-0.05, 0) is 62.5 Å². The topological polar surface area (TPSA) is 82.1 Å². The number of hydrogen-bond acceptors (Lipinski definition) is 4.